The fourth-order valence-electron chi connectivity index (χ4n) is 5.27. The van der Waals surface area contributed by atoms with Gasteiger partial charge in [0.2, 0.25) is 0 Å². The molecule has 0 amide bonds. The lowest BCUT2D eigenvalue weighted by molar-refractivity contribution is 0.984. The van der Waals surface area contributed by atoms with E-state index in [9.17, 15) is 0 Å². The first-order chi connectivity index (χ1) is 14.3. The summed E-state index contributed by atoms with van der Waals surface area (Å²) in [6.07, 6.45) is 8.91. The summed E-state index contributed by atoms with van der Waals surface area (Å²) in [6, 6.07) is 25.1. The lowest BCUT2D eigenvalue weighted by Crippen LogP contribution is -2.06. The second-order valence-corrected chi connectivity index (χ2v) is 10.8. The number of benzene rings is 3. The fourth-order valence-corrected chi connectivity index (χ4v) is 8.05. The molecule has 1 unspecified atom stereocenters. The molecule has 0 fully saturated rings. The first-order valence-electron chi connectivity index (χ1n) is 11.1. The van der Waals surface area contributed by atoms with Crippen molar-refractivity contribution >= 4 is 14.0 Å². The van der Waals surface area contributed by atoms with Crippen molar-refractivity contribution in [2.75, 3.05) is 12.3 Å². The summed E-state index contributed by atoms with van der Waals surface area (Å²) in [7, 11) is -0.0754. The maximum Gasteiger partial charge on any atom is 0.0353 e. The summed E-state index contributed by atoms with van der Waals surface area (Å²) < 4.78 is 0. The Kier molecular flexibility index (Phi) is 5.15. The zero-order chi connectivity index (χ0) is 19.8. The highest BCUT2D eigenvalue weighted by Gasteiger charge is 2.33. The maximum atomic E-state index is 2.55. The highest BCUT2D eigenvalue weighted by molar-refractivity contribution is 7.62. The number of rotatable bonds is 6. The van der Waals surface area contributed by atoms with Gasteiger partial charge >= 0.3 is 0 Å². The Morgan fingerprint density at radius 3 is 2.28 bits per heavy atom. The zero-order valence-corrected chi connectivity index (χ0v) is 18.4. The maximum absolute atomic E-state index is 2.55. The standard InChI is InChI=1S/C28H29P/c1-3-16-29(17-4-2)27-19-21-11-6-8-13-23(21)28(27)25-15-9-14-24-22-12-7-5-10-20(22)18-26(24)25/h5-15,19,28H,3-4,16-18H2,1-2H3. The summed E-state index contributed by atoms with van der Waals surface area (Å²) in [6.45, 7) is 4.69. The molecule has 0 nitrogen and oxygen atoms in total. The minimum Gasteiger partial charge on any atom is -0.0787 e. The van der Waals surface area contributed by atoms with Gasteiger partial charge in [0.15, 0.2) is 0 Å². The molecule has 0 saturated carbocycles. The third-order valence-electron chi connectivity index (χ3n) is 6.46. The van der Waals surface area contributed by atoms with Gasteiger partial charge in [-0.2, -0.15) is 0 Å². The normalized spacial score (nSPS) is 16.5. The number of allylic oxidation sites excluding steroid dienone is 1. The Bertz CT molecular complexity index is 1070. The lowest BCUT2D eigenvalue weighted by Gasteiger charge is -2.27. The molecule has 0 aromatic heterocycles. The van der Waals surface area contributed by atoms with Crippen molar-refractivity contribution in [1.29, 1.82) is 0 Å². The summed E-state index contributed by atoms with van der Waals surface area (Å²) in [5.41, 5.74) is 10.4. The third-order valence-corrected chi connectivity index (χ3v) is 9.55. The molecule has 2 aliphatic rings. The van der Waals surface area contributed by atoms with Crippen molar-refractivity contribution in [2.24, 2.45) is 0 Å². The molecule has 3 aromatic carbocycles. The average molecular weight is 397 g/mol. The van der Waals surface area contributed by atoms with Crippen LogP contribution in [0.2, 0.25) is 0 Å². The van der Waals surface area contributed by atoms with Gasteiger partial charge in [-0.05, 0) is 63.0 Å². The second kappa shape index (κ2) is 7.92. The largest absolute Gasteiger partial charge is 0.0787 e. The smallest absolute Gasteiger partial charge is 0.0353 e. The highest BCUT2D eigenvalue weighted by Crippen LogP contribution is 2.59. The Morgan fingerprint density at radius 1 is 0.759 bits per heavy atom. The quantitative estimate of drug-likeness (QED) is 0.289. The molecule has 29 heavy (non-hydrogen) atoms. The Hall–Kier alpha value is -2.17. The molecule has 146 valence electrons. The van der Waals surface area contributed by atoms with Crippen LogP contribution in [0, 0.1) is 0 Å². The van der Waals surface area contributed by atoms with Crippen molar-refractivity contribution in [1.82, 2.24) is 0 Å². The van der Waals surface area contributed by atoms with Crippen LogP contribution in [0.1, 0.15) is 60.4 Å². The molecule has 0 aliphatic heterocycles. The molecule has 5 rings (SSSR count). The van der Waals surface area contributed by atoms with Crippen LogP contribution in [0.4, 0.5) is 0 Å². The van der Waals surface area contributed by atoms with Crippen LogP contribution in [0.25, 0.3) is 17.2 Å². The van der Waals surface area contributed by atoms with Crippen LogP contribution in [-0.2, 0) is 6.42 Å². The number of hydrogen-bond acceptors (Lipinski definition) is 0. The van der Waals surface area contributed by atoms with E-state index < -0.39 is 0 Å². The highest BCUT2D eigenvalue weighted by atomic mass is 31.1. The minimum atomic E-state index is -0.0754. The van der Waals surface area contributed by atoms with Crippen molar-refractivity contribution in [3.63, 3.8) is 0 Å². The SMILES string of the molecule is CCCP(CCC)C1=Cc2ccccc2C1c1cccc2c1Cc1ccccc1-2. The molecule has 0 bridgehead atoms. The van der Waals surface area contributed by atoms with Crippen LogP contribution in [0.5, 0.6) is 0 Å². The molecule has 0 saturated heterocycles. The third kappa shape index (κ3) is 3.19. The van der Waals surface area contributed by atoms with Gasteiger partial charge in [0.05, 0.1) is 0 Å². The van der Waals surface area contributed by atoms with E-state index in [4.69, 9.17) is 0 Å². The van der Waals surface area contributed by atoms with Crippen LogP contribution in [0.3, 0.4) is 0 Å². The van der Waals surface area contributed by atoms with Gasteiger partial charge in [-0.3, -0.25) is 0 Å². The van der Waals surface area contributed by atoms with Gasteiger partial charge in [-0.1, -0.05) is 107 Å². The van der Waals surface area contributed by atoms with Crippen molar-refractivity contribution in [3.8, 4) is 11.1 Å². The molecule has 0 spiro atoms. The Balaban J connectivity index is 1.65. The summed E-state index contributed by atoms with van der Waals surface area (Å²) in [5.74, 6) is 0.444. The van der Waals surface area contributed by atoms with Crippen LogP contribution >= 0.6 is 7.92 Å². The van der Waals surface area contributed by atoms with E-state index >= 15 is 0 Å². The monoisotopic (exact) mass is 396 g/mol. The van der Waals surface area contributed by atoms with E-state index in [-0.39, 0.29) is 7.92 Å². The zero-order valence-electron chi connectivity index (χ0n) is 17.5. The fraction of sp³-hybridized carbons (Fsp3) is 0.286. The average Bonchev–Trinajstić information content (AvgIpc) is 3.32. The second-order valence-electron chi connectivity index (χ2n) is 8.33. The Labute approximate surface area is 176 Å². The van der Waals surface area contributed by atoms with E-state index in [1.807, 2.05) is 0 Å². The van der Waals surface area contributed by atoms with Crippen LogP contribution < -0.4 is 0 Å². The first-order valence-corrected chi connectivity index (χ1v) is 12.8. The molecule has 2 aliphatic carbocycles. The minimum absolute atomic E-state index is 0.0754. The van der Waals surface area contributed by atoms with E-state index in [1.165, 1.54) is 53.0 Å². The van der Waals surface area contributed by atoms with Gasteiger partial charge in [-0.25, -0.2) is 0 Å². The van der Waals surface area contributed by atoms with Gasteiger partial charge in [-0.15, -0.1) is 0 Å². The molecular formula is C28H29P. The molecule has 0 heterocycles. The van der Waals surface area contributed by atoms with Crippen LogP contribution in [0.15, 0.2) is 72.0 Å². The molecule has 1 atom stereocenters. The lowest BCUT2D eigenvalue weighted by atomic mass is 9.87. The molecule has 0 N–H and O–H groups in total. The summed E-state index contributed by atoms with van der Waals surface area (Å²) in [4.78, 5) is 0. The summed E-state index contributed by atoms with van der Waals surface area (Å²) >= 11 is 0. The molecule has 1 heteroatoms. The van der Waals surface area contributed by atoms with Gasteiger partial charge in [0.25, 0.3) is 0 Å². The number of fused-ring (bicyclic) bond motifs is 4. The van der Waals surface area contributed by atoms with Gasteiger partial charge in [0.1, 0.15) is 0 Å². The topological polar surface area (TPSA) is 0 Å². The molecule has 3 aromatic rings. The van der Waals surface area contributed by atoms with E-state index in [0.29, 0.717) is 5.92 Å². The van der Waals surface area contributed by atoms with Crippen molar-refractivity contribution in [3.05, 3.63) is 99.9 Å². The molecular weight excluding hydrogens is 367 g/mol. The van der Waals surface area contributed by atoms with Gasteiger partial charge in [0, 0.05) is 5.92 Å². The summed E-state index contributed by atoms with van der Waals surface area (Å²) in [5, 5.41) is 1.72. The number of hydrogen-bond donors (Lipinski definition) is 0. The van der Waals surface area contributed by atoms with Crippen LogP contribution in [-0.4, -0.2) is 12.3 Å². The van der Waals surface area contributed by atoms with E-state index in [0.717, 1.165) is 6.42 Å². The predicted molar refractivity (Wildman–Crippen MR) is 128 cm³/mol. The van der Waals surface area contributed by atoms with Gasteiger partial charge < -0.3 is 0 Å². The predicted octanol–water partition coefficient (Wildman–Crippen LogP) is 8.05. The molecule has 0 radical (unpaired) electrons. The first kappa shape index (κ1) is 18.8. The van der Waals surface area contributed by atoms with Crippen molar-refractivity contribution in [2.45, 2.75) is 39.0 Å². The Morgan fingerprint density at radius 2 is 1.45 bits per heavy atom. The van der Waals surface area contributed by atoms with E-state index in [1.54, 1.807) is 16.4 Å². The van der Waals surface area contributed by atoms with Crippen molar-refractivity contribution < 1.29 is 0 Å². The van der Waals surface area contributed by atoms with E-state index in [2.05, 4.69) is 86.7 Å².